The van der Waals surface area contributed by atoms with Gasteiger partial charge in [0.1, 0.15) is 56.4 Å². The Morgan fingerprint density at radius 2 is 0.667 bits per heavy atom. The van der Waals surface area contributed by atoms with E-state index in [4.69, 9.17) is 14.2 Å². The molecule has 0 atom stereocenters. The highest BCUT2D eigenvalue weighted by atomic mass is 16.5. The van der Waals surface area contributed by atoms with Gasteiger partial charge >= 0.3 is 17.9 Å². The summed E-state index contributed by atoms with van der Waals surface area (Å²) in [6.07, 6.45) is 17.2. The fraction of sp³-hybridized carbons (Fsp3) is 0.600. The number of hydrogen-bond donors (Lipinski definition) is 0. The van der Waals surface area contributed by atoms with Crippen molar-refractivity contribution in [1.82, 2.24) is 0 Å². The fourth-order valence-electron chi connectivity index (χ4n) is 3.64. The number of esters is 3. The van der Waals surface area contributed by atoms with Crippen molar-refractivity contribution >= 4 is 35.3 Å². The Bertz CT molecular complexity index is 769. The maximum absolute atomic E-state index is 11.9. The van der Waals surface area contributed by atoms with Gasteiger partial charge in [-0.05, 0) is 57.8 Å². The molecule has 1 aliphatic rings. The highest BCUT2D eigenvalue weighted by Crippen LogP contribution is 2.07. The number of ether oxygens (including phenoxy) is 3. The van der Waals surface area contributed by atoms with Gasteiger partial charge in [0, 0.05) is 19.3 Å². The van der Waals surface area contributed by atoms with Crippen LogP contribution in [0.3, 0.4) is 0 Å². The van der Waals surface area contributed by atoms with E-state index in [2.05, 4.69) is 0 Å². The lowest BCUT2D eigenvalue weighted by Gasteiger charge is -2.02. The quantitative estimate of drug-likeness (QED) is 0.181. The first kappa shape index (κ1) is 33.7. The van der Waals surface area contributed by atoms with Crippen molar-refractivity contribution in [2.45, 2.75) is 96.3 Å². The lowest BCUT2D eigenvalue weighted by atomic mass is 10.1. The van der Waals surface area contributed by atoms with Crippen molar-refractivity contribution in [3.63, 3.8) is 0 Å². The van der Waals surface area contributed by atoms with Gasteiger partial charge in [-0.2, -0.15) is 0 Å². The van der Waals surface area contributed by atoms with Crippen LogP contribution in [0.5, 0.6) is 0 Å². The predicted molar refractivity (Wildman–Crippen MR) is 145 cm³/mol. The Morgan fingerprint density at radius 3 is 0.949 bits per heavy atom. The molecule has 0 unspecified atom stereocenters. The molecule has 0 aromatic rings. The highest BCUT2D eigenvalue weighted by molar-refractivity contribution is 5.96. The third-order valence-corrected chi connectivity index (χ3v) is 5.78. The molecule has 0 fully saturated rings. The minimum Gasteiger partial charge on any atom is -0.461 e. The number of ketones is 3. The van der Waals surface area contributed by atoms with E-state index in [9.17, 15) is 28.8 Å². The lowest BCUT2D eigenvalue weighted by molar-refractivity contribution is -0.146. The molecule has 9 nitrogen and oxygen atoms in total. The molecule has 39 heavy (non-hydrogen) atoms. The summed E-state index contributed by atoms with van der Waals surface area (Å²) in [4.78, 5) is 71.1. The molecular weight excluding hydrogens is 504 g/mol. The van der Waals surface area contributed by atoms with Gasteiger partial charge < -0.3 is 14.2 Å². The summed E-state index contributed by atoms with van der Waals surface area (Å²) in [7, 11) is 0. The minimum atomic E-state index is -0.556. The molecule has 0 N–H and O–H groups in total. The average Bonchev–Trinajstić information content (AvgIpc) is 2.88. The third-order valence-electron chi connectivity index (χ3n) is 5.78. The smallest absolute Gasteiger partial charge is 0.313 e. The first-order valence-electron chi connectivity index (χ1n) is 13.8. The van der Waals surface area contributed by atoms with Crippen LogP contribution in [0, 0.1) is 0 Å². The summed E-state index contributed by atoms with van der Waals surface area (Å²) >= 11 is 0. The number of hydrogen-bond acceptors (Lipinski definition) is 9. The molecule has 0 spiro atoms. The number of cyclic esters (lactones) is 3. The van der Waals surface area contributed by atoms with Crippen LogP contribution in [0.1, 0.15) is 96.3 Å². The standard InChI is InChI=1S/C30H42O9/c31-25-16-10-4-1-7-13-19-37-28(34)23-26(32)17-11-5-2-9-15-21-39-30(36)24-27(33)18-12-6-3-8-14-20-38-29(35)22-25/h7-9,13-15H,1-6,10-12,16-24H2. The second kappa shape index (κ2) is 22.6. The van der Waals surface area contributed by atoms with Crippen LogP contribution in [-0.4, -0.2) is 55.1 Å². The molecule has 0 aromatic heterocycles. The fourth-order valence-corrected chi connectivity index (χ4v) is 3.64. The topological polar surface area (TPSA) is 130 Å². The molecule has 1 rings (SSSR count). The van der Waals surface area contributed by atoms with E-state index in [-0.39, 0.29) is 56.4 Å². The minimum absolute atomic E-state index is 0.0921. The molecule has 0 amide bonds. The Labute approximate surface area is 231 Å². The van der Waals surface area contributed by atoms with E-state index >= 15 is 0 Å². The second-order valence-corrected chi connectivity index (χ2v) is 9.35. The zero-order chi connectivity index (χ0) is 28.6. The first-order valence-corrected chi connectivity index (χ1v) is 13.8. The van der Waals surface area contributed by atoms with Gasteiger partial charge in [0.05, 0.1) is 0 Å². The van der Waals surface area contributed by atoms with Crippen molar-refractivity contribution in [2.75, 3.05) is 19.8 Å². The van der Waals surface area contributed by atoms with Crippen LogP contribution in [0.15, 0.2) is 36.5 Å². The second-order valence-electron chi connectivity index (χ2n) is 9.35. The number of allylic oxidation sites excluding steroid dienone is 3. The van der Waals surface area contributed by atoms with Crippen molar-refractivity contribution in [3.8, 4) is 0 Å². The van der Waals surface area contributed by atoms with Crippen molar-refractivity contribution in [3.05, 3.63) is 36.5 Å². The molecule has 9 heteroatoms. The number of carbonyl (C=O) groups excluding carboxylic acids is 6. The Balaban J connectivity index is 2.45. The Hall–Kier alpha value is -3.36. The molecule has 1 heterocycles. The summed E-state index contributed by atoms with van der Waals surface area (Å²) in [5.74, 6) is -2.17. The number of rotatable bonds is 0. The summed E-state index contributed by atoms with van der Waals surface area (Å²) < 4.78 is 15.1. The molecule has 0 saturated carbocycles. The average molecular weight is 547 g/mol. The van der Waals surface area contributed by atoms with Crippen LogP contribution in [0.4, 0.5) is 0 Å². The number of Topliss-reactive ketones (excluding diaryl/α,β-unsaturated/α-hetero) is 3. The van der Waals surface area contributed by atoms with E-state index in [1.54, 1.807) is 18.2 Å². The van der Waals surface area contributed by atoms with Crippen LogP contribution < -0.4 is 0 Å². The zero-order valence-electron chi connectivity index (χ0n) is 22.9. The lowest BCUT2D eigenvalue weighted by Crippen LogP contribution is -2.11. The van der Waals surface area contributed by atoms with Gasteiger partial charge in [0.25, 0.3) is 0 Å². The van der Waals surface area contributed by atoms with Crippen LogP contribution in [0.25, 0.3) is 0 Å². The van der Waals surface area contributed by atoms with Gasteiger partial charge in [-0.1, -0.05) is 36.5 Å². The van der Waals surface area contributed by atoms with Crippen molar-refractivity contribution < 1.29 is 43.0 Å². The molecule has 0 aliphatic carbocycles. The van der Waals surface area contributed by atoms with E-state index in [1.807, 2.05) is 18.2 Å². The Morgan fingerprint density at radius 1 is 0.385 bits per heavy atom. The normalized spacial score (nSPS) is 20.6. The predicted octanol–water partition coefficient (Wildman–Crippen LogP) is 4.86. The summed E-state index contributed by atoms with van der Waals surface area (Å²) in [5, 5.41) is 0. The summed E-state index contributed by atoms with van der Waals surface area (Å²) in [6.45, 7) is 0.276. The molecule has 1 aliphatic heterocycles. The van der Waals surface area contributed by atoms with Crippen LogP contribution in [0.2, 0.25) is 0 Å². The monoisotopic (exact) mass is 546 g/mol. The SMILES string of the molecule is O=C1CCCCC=CCOC(=O)CC(=O)CCCCC=CCOC(=O)CC(=O)CCCCC=CCOC(=O)C1. The molecular formula is C30H42O9. The van der Waals surface area contributed by atoms with Gasteiger partial charge in [-0.3, -0.25) is 28.8 Å². The summed E-state index contributed by atoms with van der Waals surface area (Å²) in [5.41, 5.74) is 0. The molecule has 216 valence electrons. The van der Waals surface area contributed by atoms with Crippen molar-refractivity contribution in [2.24, 2.45) is 0 Å². The Kier molecular flexibility index (Phi) is 19.5. The van der Waals surface area contributed by atoms with E-state index in [1.165, 1.54) is 0 Å². The van der Waals surface area contributed by atoms with E-state index < -0.39 is 17.9 Å². The maximum atomic E-state index is 11.9. The maximum Gasteiger partial charge on any atom is 0.313 e. The molecule has 0 bridgehead atoms. The highest BCUT2D eigenvalue weighted by Gasteiger charge is 2.12. The van der Waals surface area contributed by atoms with E-state index in [0.717, 1.165) is 19.3 Å². The third kappa shape index (κ3) is 21.3. The largest absolute Gasteiger partial charge is 0.461 e. The summed E-state index contributed by atoms with van der Waals surface area (Å²) in [6, 6.07) is 0. The number of carbonyl (C=O) groups is 6. The van der Waals surface area contributed by atoms with Crippen LogP contribution >= 0.6 is 0 Å². The van der Waals surface area contributed by atoms with E-state index in [0.29, 0.717) is 57.8 Å². The zero-order valence-corrected chi connectivity index (χ0v) is 22.9. The van der Waals surface area contributed by atoms with Gasteiger partial charge in [0.2, 0.25) is 0 Å². The first-order chi connectivity index (χ1) is 18.9. The molecule has 0 aromatic carbocycles. The van der Waals surface area contributed by atoms with Gasteiger partial charge in [-0.25, -0.2) is 0 Å². The van der Waals surface area contributed by atoms with Gasteiger partial charge in [-0.15, -0.1) is 0 Å². The molecule has 0 radical (unpaired) electrons. The van der Waals surface area contributed by atoms with Crippen LogP contribution in [-0.2, 0) is 43.0 Å². The molecule has 0 saturated heterocycles. The van der Waals surface area contributed by atoms with Gasteiger partial charge in [0.15, 0.2) is 0 Å². The van der Waals surface area contributed by atoms with Crippen molar-refractivity contribution in [1.29, 1.82) is 0 Å².